The van der Waals surface area contributed by atoms with Crippen molar-refractivity contribution in [1.82, 2.24) is 5.32 Å². The van der Waals surface area contributed by atoms with E-state index in [0.717, 1.165) is 25.7 Å². The number of nitrogens with zero attached hydrogens (tertiary/aromatic N) is 1. The highest BCUT2D eigenvalue weighted by atomic mass is 16.5. The van der Waals surface area contributed by atoms with E-state index in [-0.39, 0.29) is 0 Å². The maximum absolute atomic E-state index is 5.11. The molecule has 0 saturated heterocycles. The summed E-state index contributed by atoms with van der Waals surface area (Å²) in [5.41, 5.74) is 4.20. The van der Waals surface area contributed by atoms with Gasteiger partial charge in [0, 0.05) is 38.5 Å². The van der Waals surface area contributed by atoms with Crippen molar-refractivity contribution in [1.29, 1.82) is 0 Å². The summed E-state index contributed by atoms with van der Waals surface area (Å²) in [6, 6.07) is 7.67. The zero-order valence-electron chi connectivity index (χ0n) is 13.8. The lowest BCUT2D eigenvalue weighted by Crippen LogP contribution is -2.29. The Kier molecular flexibility index (Phi) is 6.52. The summed E-state index contributed by atoms with van der Waals surface area (Å²) in [5, 5.41) is 3.49. The molecule has 1 saturated carbocycles. The second-order valence-electron chi connectivity index (χ2n) is 6.08. The minimum Gasteiger partial charge on any atom is -0.383 e. The number of aryl methyl sites for hydroxylation is 1. The number of hydrogen-bond acceptors (Lipinski definition) is 3. The Labute approximate surface area is 129 Å². The molecule has 1 fully saturated rings. The van der Waals surface area contributed by atoms with Crippen molar-refractivity contribution in [3.05, 3.63) is 29.3 Å². The van der Waals surface area contributed by atoms with E-state index in [2.05, 4.69) is 42.3 Å². The number of anilines is 1. The fourth-order valence-corrected chi connectivity index (χ4v) is 2.75. The topological polar surface area (TPSA) is 24.5 Å². The van der Waals surface area contributed by atoms with Gasteiger partial charge in [0.05, 0.1) is 6.61 Å². The van der Waals surface area contributed by atoms with Crippen molar-refractivity contribution >= 4 is 5.69 Å². The first-order chi connectivity index (χ1) is 10.3. The van der Waals surface area contributed by atoms with E-state index in [1.165, 1.54) is 49.0 Å². The van der Waals surface area contributed by atoms with Crippen molar-refractivity contribution in [3.8, 4) is 0 Å². The zero-order chi connectivity index (χ0) is 15.1. The monoisotopic (exact) mass is 290 g/mol. The number of rotatable bonds is 10. The molecule has 0 aliphatic heterocycles. The lowest BCUT2D eigenvalue weighted by atomic mass is 10.1. The quantitative estimate of drug-likeness (QED) is 0.668. The van der Waals surface area contributed by atoms with Crippen molar-refractivity contribution in [2.45, 2.75) is 52.1 Å². The van der Waals surface area contributed by atoms with Gasteiger partial charge in [-0.25, -0.2) is 0 Å². The third kappa shape index (κ3) is 5.01. The van der Waals surface area contributed by atoms with Crippen LogP contribution in [0.15, 0.2) is 18.2 Å². The molecule has 0 radical (unpaired) electrons. The molecule has 3 nitrogen and oxygen atoms in total. The van der Waals surface area contributed by atoms with Crippen LogP contribution in [-0.2, 0) is 11.3 Å². The predicted molar refractivity (Wildman–Crippen MR) is 90.0 cm³/mol. The first-order valence-electron chi connectivity index (χ1n) is 8.32. The van der Waals surface area contributed by atoms with Crippen LogP contribution in [0.4, 0.5) is 5.69 Å². The van der Waals surface area contributed by atoms with Gasteiger partial charge < -0.3 is 15.0 Å². The maximum atomic E-state index is 5.11. The normalized spacial score (nSPS) is 14.4. The third-order valence-electron chi connectivity index (χ3n) is 4.08. The Balaban J connectivity index is 2.08. The van der Waals surface area contributed by atoms with Gasteiger partial charge in [-0.15, -0.1) is 0 Å². The first-order valence-corrected chi connectivity index (χ1v) is 8.32. The van der Waals surface area contributed by atoms with E-state index in [9.17, 15) is 0 Å². The average Bonchev–Trinajstić information content (AvgIpc) is 3.30. The summed E-state index contributed by atoms with van der Waals surface area (Å²) >= 11 is 0. The van der Waals surface area contributed by atoms with Crippen molar-refractivity contribution in [3.63, 3.8) is 0 Å². The van der Waals surface area contributed by atoms with Crippen LogP contribution in [0.1, 0.15) is 43.7 Å². The number of hydrogen-bond donors (Lipinski definition) is 1. The first kappa shape index (κ1) is 16.3. The second kappa shape index (κ2) is 8.40. The van der Waals surface area contributed by atoms with Crippen LogP contribution in [0.2, 0.25) is 0 Å². The smallest absolute Gasteiger partial charge is 0.0587 e. The van der Waals surface area contributed by atoms with Crippen molar-refractivity contribution in [2.24, 2.45) is 0 Å². The maximum Gasteiger partial charge on any atom is 0.0587 e. The summed E-state index contributed by atoms with van der Waals surface area (Å²) in [6.45, 7) is 8.24. The highest BCUT2D eigenvalue weighted by Crippen LogP contribution is 2.34. The number of methoxy groups -OCH3 is 1. The van der Waals surface area contributed by atoms with Crippen LogP contribution in [-0.4, -0.2) is 32.8 Å². The number of nitrogens with one attached hydrogen (secondary N) is 1. The Morgan fingerprint density at radius 2 is 2.14 bits per heavy atom. The molecule has 118 valence electrons. The van der Waals surface area contributed by atoms with Crippen LogP contribution in [0.3, 0.4) is 0 Å². The average molecular weight is 290 g/mol. The van der Waals surface area contributed by atoms with Crippen molar-refractivity contribution in [2.75, 3.05) is 31.7 Å². The van der Waals surface area contributed by atoms with Crippen molar-refractivity contribution < 1.29 is 4.74 Å². The van der Waals surface area contributed by atoms with Gasteiger partial charge in [-0.2, -0.15) is 0 Å². The molecule has 0 aromatic heterocycles. The van der Waals surface area contributed by atoms with Gasteiger partial charge >= 0.3 is 0 Å². The third-order valence-corrected chi connectivity index (χ3v) is 4.08. The summed E-state index contributed by atoms with van der Waals surface area (Å²) in [6.07, 6.45) is 5.25. The fourth-order valence-electron chi connectivity index (χ4n) is 2.75. The molecule has 0 spiro atoms. The molecule has 0 atom stereocenters. The molecule has 2 rings (SSSR count). The lowest BCUT2D eigenvalue weighted by Gasteiger charge is -2.27. The molecule has 1 aromatic carbocycles. The summed E-state index contributed by atoms with van der Waals surface area (Å²) in [4.78, 5) is 2.64. The fraction of sp³-hybridized carbons (Fsp3) is 0.667. The van der Waals surface area contributed by atoms with Crippen LogP contribution in [0, 0.1) is 6.92 Å². The standard InChI is InChI=1S/C18H30N2O/c1-4-5-11-20(17-7-8-17)18-9-6-15(2)13-16(18)14-19-10-12-21-3/h6,9,13,17,19H,4-5,7-8,10-12,14H2,1-3H3. The lowest BCUT2D eigenvalue weighted by molar-refractivity contribution is 0.199. The van der Waals surface area contributed by atoms with Gasteiger partial charge in [-0.3, -0.25) is 0 Å². The number of ether oxygens (including phenoxy) is 1. The Morgan fingerprint density at radius 1 is 1.33 bits per heavy atom. The van der Waals surface area contributed by atoms with Gasteiger partial charge in [0.25, 0.3) is 0 Å². The van der Waals surface area contributed by atoms with E-state index in [4.69, 9.17) is 4.74 Å². The number of benzene rings is 1. The predicted octanol–water partition coefficient (Wildman–Crippen LogP) is 3.50. The minimum absolute atomic E-state index is 0.767. The summed E-state index contributed by atoms with van der Waals surface area (Å²) in [7, 11) is 1.75. The van der Waals surface area contributed by atoms with Gasteiger partial charge in [-0.05, 0) is 37.8 Å². The molecule has 1 aromatic rings. The van der Waals surface area contributed by atoms with E-state index in [0.29, 0.717) is 0 Å². The molecule has 1 aliphatic carbocycles. The van der Waals surface area contributed by atoms with Gasteiger partial charge in [0.2, 0.25) is 0 Å². The SMILES string of the molecule is CCCCN(c1ccc(C)cc1CNCCOC)C1CC1. The summed E-state index contributed by atoms with van der Waals surface area (Å²) in [5.74, 6) is 0. The highest BCUT2D eigenvalue weighted by molar-refractivity contribution is 5.56. The highest BCUT2D eigenvalue weighted by Gasteiger charge is 2.29. The largest absolute Gasteiger partial charge is 0.383 e. The van der Waals surface area contributed by atoms with Crippen LogP contribution >= 0.6 is 0 Å². The van der Waals surface area contributed by atoms with E-state index < -0.39 is 0 Å². The molecule has 0 bridgehead atoms. The van der Waals surface area contributed by atoms with Crippen LogP contribution in [0.25, 0.3) is 0 Å². The molecule has 1 N–H and O–H groups in total. The molecule has 1 aliphatic rings. The van der Waals surface area contributed by atoms with Crippen LogP contribution in [0.5, 0.6) is 0 Å². The minimum atomic E-state index is 0.767. The van der Waals surface area contributed by atoms with E-state index in [1.807, 2.05) is 0 Å². The Morgan fingerprint density at radius 3 is 2.81 bits per heavy atom. The molecule has 21 heavy (non-hydrogen) atoms. The molecule has 3 heteroatoms. The molecule has 0 heterocycles. The van der Waals surface area contributed by atoms with Gasteiger partial charge in [0.15, 0.2) is 0 Å². The summed E-state index contributed by atoms with van der Waals surface area (Å²) < 4.78 is 5.11. The van der Waals surface area contributed by atoms with E-state index >= 15 is 0 Å². The van der Waals surface area contributed by atoms with Crippen LogP contribution < -0.4 is 10.2 Å². The Hall–Kier alpha value is -1.06. The zero-order valence-corrected chi connectivity index (χ0v) is 13.8. The van der Waals surface area contributed by atoms with Gasteiger partial charge in [0.1, 0.15) is 0 Å². The Bertz CT molecular complexity index is 429. The van der Waals surface area contributed by atoms with E-state index in [1.54, 1.807) is 7.11 Å². The van der Waals surface area contributed by atoms with Gasteiger partial charge in [-0.1, -0.05) is 31.0 Å². The molecular weight excluding hydrogens is 260 g/mol. The molecular formula is C18H30N2O. The molecule has 0 unspecified atom stereocenters. The molecule has 0 amide bonds. The second-order valence-corrected chi connectivity index (χ2v) is 6.08. The number of unbranched alkanes of at least 4 members (excludes halogenated alkanes) is 1.